The van der Waals surface area contributed by atoms with Gasteiger partial charge in [0.25, 0.3) is 0 Å². The Morgan fingerprint density at radius 1 is 1.06 bits per heavy atom. The van der Waals surface area contributed by atoms with Gasteiger partial charge in [0.15, 0.2) is 0 Å². The molecule has 7 nitrogen and oxygen atoms in total. The fourth-order valence-electron chi connectivity index (χ4n) is 3.28. The van der Waals surface area contributed by atoms with E-state index in [1.807, 2.05) is 60.7 Å². The van der Waals surface area contributed by atoms with Gasteiger partial charge in [0, 0.05) is 12.4 Å². The zero-order valence-electron chi connectivity index (χ0n) is 18.8. The maximum atomic E-state index is 12.5. The quantitative estimate of drug-likeness (QED) is 0.523. The number of carbonyl (C=O) groups excluding carboxylic acids is 1. The molecule has 0 radical (unpaired) electrons. The van der Waals surface area contributed by atoms with E-state index in [1.54, 1.807) is 37.7 Å². The van der Waals surface area contributed by atoms with E-state index in [2.05, 4.69) is 10.3 Å². The highest BCUT2D eigenvalue weighted by Crippen LogP contribution is 2.20. The molecule has 0 bridgehead atoms. The zero-order valence-corrected chi connectivity index (χ0v) is 18.8. The van der Waals surface area contributed by atoms with Gasteiger partial charge < -0.3 is 24.5 Å². The first-order valence-electron chi connectivity index (χ1n) is 10.7. The molecule has 7 heteroatoms. The van der Waals surface area contributed by atoms with Crippen molar-refractivity contribution >= 4 is 6.09 Å². The van der Waals surface area contributed by atoms with Gasteiger partial charge in [-0.2, -0.15) is 0 Å². The van der Waals surface area contributed by atoms with Crippen molar-refractivity contribution in [1.29, 1.82) is 0 Å². The maximum absolute atomic E-state index is 12.5. The number of rotatable bonds is 9. The Hall–Kier alpha value is -3.16. The van der Waals surface area contributed by atoms with Crippen molar-refractivity contribution in [2.24, 2.45) is 0 Å². The summed E-state index contributed by atoms with van der Waals surface area (Å²) in [5.74, 6) is 0.412. The molecular formula is C25H31N3O4. The summed E-state index contributed by atoms with van der Waals surface area (Å²) in [5, 5.41) is 14.0. The van der Waals surface area contributed by atoms with Crippen molar-refractivity contribution in [1.82, 2.24) is 14.9 Å². The highest BCUT2D eigenvalue weighted by atomic mass is 16.6. The Kier molecular flexibility index (Phi) is 8.03. The van der Waals surface area contributed by atoms with Gasteiger partial charge in [-0.25, -0.2) is 9.78 Å². The number of ether oxygens (including phenoxy) is 2. The molecule has 3 aromatic rings. The van der Waals surface area contributed by atoms with Crippen LogP contribution in [0.2, 0.25) is 0 Å². The van der Waals surface area contributed by atoms with Crippen molar-refractivity contribution in [3.8, 4) is 0 Å². The normalized spacial score (nSPS) is 13.4. The van der Waals surface area contributed by atoms with Crippen LogP contribution < -0.4 is 5.32 Å². The molecule has 3 rings (SSSR count). The van der Waals surface area contributed by atoms with E-state index in [0.717, 1.165) is 11.1 Å². The monoisotopic (exact) mass is 437 g/mol. The molecule has 170 valence electrons. The number of hydrogen-bond acceptors (Lipinski definition) is 5. The largest absolute Gasteiger partial charge is 0.444 e. The Morgan fingerprint density at radius 2 is 1.69 bits per heavy atom. The van der Waals surface area contributed by atoms with E-state index >= 15 is 0 Å². The smallest absolute Gasteiger partial charge is 0.407 e. The molecule has 0 aliphatic heterocycles. The summed E-state index contributed by atoms with van der Waals surface area (Å²) >= 11 is 0. The SMILES string of the molecule is CC(C)(C)OC(=O)NC(Cc1ccccc1)[C@H](O)c1nccn1COCc1ccccc1. The standard InChI is InChI=1S/C25H31N3O4/c1-25(2,3)32-24(30)27-21(16-19-10-6-4-7-11-19)22(29)23-26-14-15-28(23)18-31-17-20-12-8-5-9-13-20/h4-15,21-22,29H,16-18H2,1-3H3,(H,27,30)/t21?,22-/m0/s1. The summed E-state index contributed by atoms with van der Waals surface area (Å²) in [6, 6.07) is 18.9. The fourth-order valence-corrected chi connectivity index (χ4v) is 3.28. The molecule has 0 saturated heterocycles. The Labute approximate surface area is 189 Å². The summed E-state index contributed by atoms with van der Waals surface area (Å²) in [7, 11) is 0. The Morgan fingerprint density at radius 3 is 2.31 bits per heavy atom. The molecule has 0 fully saturated rings. The van der Waals surface area contributed by atoms with Crippen LogP contribution in [0.15, 0.2) is 73.1 Å². The van der Waals surface area contributed by atoms with Crippen LogP contribution in [0.25, 0.3) is 0 Å². The van der Waals surface area contributed by atoms with Crippen molar-refractivity contribution in [2.45, 2.75) is 58.3 Å². The number of aliphatic hydroxyl groups is 1. The molecule has 1 unspecified atom stereocenters. The lowest BCUT2D eigenvalue weighted by Gasteiger charge is -2.27. The Balaban J connectivity index is 1.71. The number of nitrogens with one attached hydrogen (secondary N) is 1. The number of amides is 1. The van der Waals surface area contributed by atoms with Gasteiger partial charge in [-0.3, -0.25) is 0 Å². The second-order valence-corrected chi connectivity index (χ2v) is 8.61. The number of aromatic nitrogens is 2. The third-order valence-electron chi connectivity index (χ3n) is 4.74. The summed E-state index contributed by atoms with van der Waals surface area (Å²) in [6.07, 6.45) is 2.13. The van der Waals surface area contributed by atoms with Gasteiger partial charge in [-0.05, 0) is 38.3 Å². The predicted molar refractivity (Wildman–Crippen MR) is 122 cm³/mol. The maximum Gasteiger partial charge on any atom is 0.407 e. The fraction of sp³-hybridized carbons (Fsp3) is 0.360. The van der Waals surface area contributed by atoms with Gasteiger partial charge in [0.2, 0.25) is 0 Å². The summed E-state index contributed by atoms with van der Waals surface area (Å²) in [6.45, 7) is 6.06. The number of nitrogens with zero attached hydrogens (tertiary/aromatic N) is 2. The number of hydrogen-bond donors (Lipinski definition) is 2. The minimum absolute atomic E-state index is 0.228. The minimum atomic E-state index is -1.06. The highest BCUT2D eigenvalue weighted by molar-refractivity contribution is 5.68. The van der Waals surface area contributed by atoms with Crippen LogP contribution in [0.4, 0.5) is 4.79 Å². The number of carbonyl (C=O) groups is 1. The number of imidazole rings is 1. The zero-order chi connectivity index (χ0) is 23.0. The second kappa shape index (κ2) is 10.9. The van der Waals surface area contributed by atoms with Crippen molar-refractivity contribution in [3.63, 3.8) is 0 Å². The van der Waals surface area contributed by atoms with Crippen LogP contribution in [0.1, 0.15) is 43.8 Å². The van der Waals surface area contributed by atoms with Crippen LogP contribution in [0.3, 0.4) is 0 Å². The van der Waals surface area contributed by atoms with Crippen molar-refractivity contribution in [2.75, 3.05) is 0 Å². The third kappa shape index (κ3) is 7.21. The molecule has 1 amide bonds. The van der Waals surface area contributed by atoms with E-state index in [-0.39, 0.29) is 6.73 Å². The van der Waals surface area contributed by atoms with Gasteiger partial charge in [0.1, 0.15) is 24.3 Å². The average molecular weight is 438 g/mol. The van der Waals surface area contributed by atoms with Crippen LogP contribution in [-0.2, 0) is 29.2 Å². The van der Waals surface area contributed by atoms with E-state index in [4.69, 9.17) is 9.47 Å². The van der Waals surface area contributed by atoms with Crippen LogP contribution in [-0.4, -0.2) is 32.4 Å². The molecule has 2 aromatic carbocycles. The second-order valence-electron chi connectivity index (χ2n) is 8.61. The van der Waals surface area contributed by atoms with Gasteiger partial charge in [-0.15, -0.1) is 0 Å². The van der Waals surface area contributed by atoms with Gasteiger partial charge in [0.05, 0.1) is 12.6 Å². The van der Waals surface area contributed by atoms with Crippen molar-refractivity contribution < 1.29 is 19.4 Å². The van der Waals surface area contributed by atoms with E-state index in [0.29, 0.717) is 18.9 Å². The van der Waals surface area contributed by atoms with E-state index in [9.17, 15) is 9.90 Å². The van der Waals surface area contributed by atoms with E-state index in [1.165, 1.54) is 0 Å². The molecule has 0 spiro atoms. The molecule has 1 heterocycles. The molecule has 1 aromatic heterocycles. The van der Waals surface area contributed by atoms with Crippen molar-refractivity contribution in [3.05, 3.63) is 90.0 Å². The lowest BCUT2D eigenvalue weighted by molar-refractivity contribution is 0.0355. The molecule has 32 heavy (non-hydrogen) atoms. The first-order valence-corrected chi connectivity index (χ1v) is 10.7. The lowest BCUT2D eigenvalue weighted by atomic mass is 10.0. The third-order valence-corrected chi connectivity index (χ3v) is 4.74. The molecule has 0 aliphatic carbocycles. The number of benzene rings is 2. The van der Waals surface area contributed by atoms with Gasteiger partial charge in [-0.1, -0.05) is 60.7 Å². The van der Waals surface area contributed by atoms with Crippen LogP contribution in [0, 0.1) is 0 Å². The Bertz CT molecular complexity index is 968. The number of alkyl carbamates (subject to hydrolysis) is 1. The molecule has 2 atom stereocenters. The van der Waals surface area contributed by atoms with Gasteiger partial charge >= 0.3 is 6.09 Å². The van der Waals surface area contributed by atoms with Crippen LogP contribution >= 0.6 is 0 Å². The summed E-state index contributed by atoms with van der Waals surface area (Å²) in [5.41, 5.74) is 1.39. The predicted octanol–water partition coefficient (Wildman–Crippen LogP) is 4.23. The summed E-state index contributed by atoms with van der Waals surface area (Å²) in [4.78, 5) is 16.8. The number of aliphatic hydroxyl groups excluding tert-OH is 1. The summed E-state index contributed by atoms with van der Waals surface area (Å²) < 4.78 is 12.9. The molecule has 0 aliphatic rings. The van der Waals surface area contributed by atoms with E-state index < -0.39 is 23.8 Å². The minimum Gasteiger partial charge on any atom is -0.444 e. The highest BCUT2D eigenvalue weighted by Gasteiger charge is 2.28. The molecule has 2 N–H and O–H groups in total. The average Bonchev–Trinajstić information content (AvgIpc) is 3.21. The first-order chi connectivity index (χ1) is 15.3. The van der Waals surface area contributed by atoms with Crippen LogP contribution in [0.5, 0.6) is 0 Å². The molecule has 0 saturated carbocycles. The lowest BCUT2D eigenvalue weighted by Crippen LogP contribution is -2.44. The topological polar surface area (TPSA) is 85.6 Å². The molecular weight excluding hydrogens is 406 g/mol. The first kappa shape index (κ1) is 23.5.